The number of aliphatic carboxylic acids is 1. The van der Waals surface area contributed by atoms with E-state index in [4.69, 9.17) is 15.6 Å². The van der Waals surface area contributed by atoms with Crippen molar-refractivity contribution >= 4 is 17.8 Å². The number of hydrogen-bond donors (Lipinski definition) is 7. The van der Waals surface area contributed by atoms with Crippen LogP contribution in [0.4, 0.5) is 0 Å². The maximum Gasteiger partial charge on any atom is 0.332 e. The van der Waals surface area contributed by atoms with Crippen LogP contribution < -0.4 is 16.4 Å². The van der Waals surface area contributed by atoms with Crippen LogP contribution in [-0.2, 0) is 25.5 Å². The van der Waals surface area contributed by atoms with E-state index in [2.05, 4.69) is 10.6 Å². The number of nitrogens with two attached hydrogens (primary N) is 1. The summed E-state index contributed by atoms with van der Waals surface area (Å²) in [4.78, 5) is 35.5. The number of carboxylic acid groups (broad SMARTS) is 1. The molecule has 7 atom stereocenters. The van der Waals surface area contributed by atoms with Crippen LogP contribution in [0.5, 0.6) is 0 Å². The molecule has 0 aliphatic carbocycles. The number of nitrogens with one attached hydrogen (secondary N) is 2. The lowest BCUT2D eigenvalue weighted by Gasteiger charge is -2.37. The Labute approximate surface area is 179 Å². The molecule has 1 fully saturated rings. The summed E-state index contributed by atoms with van der Waals surface area (Å²) in [5.74, 6) is -2.49. The van der Waals surface area contributed by atoms with E-state index in [0.717, 1.165) is 5.56 Å². The van der Waals surface area contributed by atoms with Gasteiger partial charge in [-0.3, -0.25) is 9.59 Å². The number of aliphatic hydroxyl groups excluding tert-OH is 3. The van der Waals surface area contributed by atoms with Crippen molar-refractivity contribution in [1.29, 1.82) is 0 Å². The lowest BCUT2D eigenvalue weighted by atomic mass is 9.94. The fourth-order valence-electron chi connectivity index (χ4n) is 3.20. The van der Waals surface area contributed by atoms with Gasteiger partial charge in [-0.05, 0) is 18.9 Å². The number of ether oxygens (including phenoxy) is 1. The Balaban J connectivity index is 1.82. The molecule has 0 spiro atoms. The van der Waals surface area contributed by atoms with Crippen molar-refractivity contribution in [2.24, 2.45) is 5.73 Å². The molecule has 2 rings (SSSR count). The molecule has 1 heterocycles. The monoisotopic (exact) mass is 439 g/mol. The number of benzene rings is 1. The largest absolute Gasteiger partial charge is 0.479 e. The van der Waals surface area contributed by atoms with Crippen LogP contribution >= 0.6 is 0 Å². The van der Waals surface area contributed by atoms with E-state index in [0.29, 0.717) is 6.42 Å². The highest BCUT2D eigenvalue weighted by atomic mass is 16.5. The zero-order valence-corrected chi connectivity index (χ0v) is 17.0. The van der Waals surface area contributed by atoms with Crippen molar-refractivity contribution in [2.75, 3.05) is 6.54 Å². The van der Waals surface area contributed by atoms with Crippen LogP contribution in [0.25, 0.3) is 0 Å². The quantitative estimate of drug-likeness (QED) is 0.218. The van der Waals surface area contributed by atoms with Gasteiger partial charge in [0, 0.05) is 13.0 Å². The van der Waals surface area contributed by atoms with Crippen LogP contribution in [-0.4, -0.2) is 87.4 Å². The maximum atomic E-state index is 12.2. The lowest BCUT2D eigenvalue weighted by molar-refractivity contribution is -0.208. The first kappa shape index (κ1) is 24.7. The Morgan fingerprint density at radius 1 is 1.19 bits per heavy atom. The molecule has 31 heavy (non-hydrogen) atoms. The average molecular weight is 439 g/mol. The molecule has 1 aromatic rings. The zero-order valence-electron chi connectivity index (χ0n) is 17.0. The summed E-state index contributed by atoms with van der Waals surface area (Å²) in [5, 5.41) is 43.9. The van der Waals surface area contributed by atoms with Crippen LogP contribution in [0, 0.1) is 0 Å². The van der Waals surface area contributed by atoms with Crippen LogP contribution in [0.1, 0.15) is 18.9 Å². The van der Waals surface area contributed by atoms with Crippen molar-refractivity contribution in [3.8, 4) is 0 Å². The molecule has 11 heteroatoms. The van der Waals surface area contributed by atoms with Crippen LogP contribution in [0.3, 0.4) is 0 Å². The first-order valence-electron chi connectivity index (χ1n) is 9.90. The molecule has 2 amide bonds. The molecule has 0 radical (unpaired) electrons. The van der Waals surface area contributed by atoms with Crippen LogP contribution in [0.2, 0.25) is 0 Å². The minimum absolute atomic E-state index is 0.295. The predicted octanol–water partition coefficient (Wildman–Crippen LogP) is -2.50. The average Bonchev–Trinajstić information content (AvgIpc) is 2.73. The highest BCUT2D eigenvalue weighted by Crippen LogP contribution is 2.23. The van der Waals surface area contributed by atoms with E-state index in [1.165, 1.54) is 6.92 Å². The Bertz CT molecular complexity index is 762. The minimum Gasteiger partial charge on any atom is -0.479 e. The van der Waals surface area contributed by atoms with Gasteiger partial charge in [-0.2, -0.15) is 0 Å². The SMILES string of the molecule is CC(NC(=O)C(N)Cc1ccccc1)C(=O)NCC(O)C1OC(C(=O)O)CC(O)C1O. The van der Waals surface area contributed by atoms with E-state index < -0.39 is 66.9 Å². The molecule has 1 saturated heterocycles. The zero-order chi connectivity index (χ0) is 23.1. The molecule has 1 aliphatic rings. The molecular weight excluding hydrogens is 410 g/mol. The molecule has 7 unspecified atom stereocenters. The topological polar surface area (TPSA) is 191 Å². The van der Waals surface area contributed by atoms with Gasteiger partial charge in [0.05, 0.1) is 12.1 Å². The summed E-state index contributed by atoms with van der Waals surface area (Å²) < 4.78 is 5.14. The fourth-order valence-corrected chi connectivity index (χ4v) is 3.20. The lowest BCUT2D eigenvalue weighted by Crippen LogP contribution is -2.58. The second-order valence-corrected chi connectivity index (χ2v) is 7.56. The van der Waals surface area contributed by atoms with E-state index in [9.17, 15) is 29.7 Å². The third kappa shape index (κ3) is 6.97. The summed E-state index contributed by atoms with van der Waals surface area (Å²) in [6.07, 6.45) is -7.22. The molecule has 8 N–H and O–H groups in total. The van der Waals surface area contributed by atoms with Crippen molar-refractivity contribution in [3.63, 3.8) is 0 Å². The van der Waals surface area contributed by atoms with Gasteiger partial charge in [0.1, 0.15) is 24.4 Å². The summed E-state index contributed by atoms with van der Waals surface area (Å²) >= 11 is 0. The van der Waals surface area contributed by atoms with Crippen molar-refractivity contribution in [1.82, 2.24) is 10.6 Å². The molecule has 0 aromatic heterocycles. The van der Waals surface area contributed by atoms with E-state index in [-0.39, 0.29) is 6.42 Å². The number of hydrogen-bond acceptors (Lipinski definition) is 8. The van der Waals surface area contributed by atoms with Gasteiger partial charge in [0.2, 0.25) is 11.8 Å². The Hall–Kier alpha value is -2.57. The second kappa shape index (κ2) is 11.2. The van der Waals surface area contributed by atoms with Crippen molar-refractivity contribution in [2.45, 2.75) is 62.4 Å². The standard InChI is InChI=1S/C20H29N3O8/c1-10(23-19(28)12(21)7-11-5-3-2-4-6-11)18(27)22-9-14(25)17-16(26)13(24)8-15(31-17)20(29)30/h2-6,10,12-17,24-26H,7-9,21H2,1H3,(H,22,27)(H,23,28)(H,29,30). The highest BCUT2D eigenvalue weighted by Gasteiger charge is 2.43. The number of carbonyl (C=O) groups excluding carboxylic acids is 2. The normalized spacial score (nSPS) is 26.4. The van der Waals surface area contributed by atoms with Gasteiger partial charge < -0.3 is 41.5 Å². The highest BCUT2D eigenvalue weighted by molar-refractivity contribution is 5.89. The maximum absolute atomic E-state index is 12.2. The van der Waals surface area contributed by atoms with Gasteiger partial charge in [-0.1, -0.05) is 30.3 Å². The summed E-state index contributed by atoms with van der Waals surface area (Å²) in [5.41, 5.74) is 6.76. The van der Waals surface area contributed by atoms with Gasteiger partial charge >= 0.3 is 5.97 Å². The first-order valence-corrected chi connectivity index (χ1v) is 9.90. The summed E-state index contributed by atoms with van der Waals surface area (Å²) in [6, 6.07) is 7.34. The van der Waals surface area contributed by atoms with E-state index in [1.54, 1.807) is 0 Å². The second-order valence-electron chi connectivity index (χ2n) is 7.56. The number of rotatable bonds is 9. The summed E-state index contributed by atoms with van der Waals surface area (Å²) in [7, 11) is 0. The van der Waals surface area contributed by atoms with Crippen LogP contribution in [0.15, 0.2) is 30.3 Å². The minimum atomic E-state index is -1.52. The van der Waals surface area contributed by atoms with E-state index in [1.807, 2.05) is 30.3 Å². The third-order valence-electron chi connectivity index (χ3n) is 5.04. The molecule has 1 aromatic carbocycles. The molecule has 11 nitrogen and oxygen atoms in total. The Morgan fingerprint density at radius 2 is 1.84 bits per heavy atom. The smallest absolute Gasteiger partial charge is 0.332 e. The number of carbonyl (C=O) groups is 3. The third-order valence-corrected chi connectivity index (χ3v) is 5.04. The first-order chi connectivity index (χ1) is 14.6. The van der Waals surface area contributed by atoms with Gasteiger partial charge in [-0.25, -0.2) is 4.79 Å². The molecular formula is C20H29N3O8. The number of amides is 2. The van der Waals surface area contributed by atoms with Crippen molar-refractivity contribution in [3.05, 3.63) is 35.9 Å². The Morgan fingerprint density at radius 3 is 2.45 bits per heavy atom. The van der Waals surface area contributed by atoms with Gasteiger partial charge in [0.25, 0.3) is 0 Å². The fraction of sp³-hybridized carbons (Fsp3) is 0.550. The Kier molecular flexibility index (Phi) is 8.89. The van der Waals surface area contributed by atoms with Gasteiger partial charge in [0.15, 0.2) is 6.10 Å². The number of carboxylic acids is 1. The summed E-state index contributed by atoms with van der Waals surface area (Å²) in [6.45, 7) is 1.04. The molecule has 172 valence electrons. The van der Waals surface area contributed by atoms with E-state index >= 15 is 0 Å². The predicted molar refractivity (Wildman–Crippen MR) is 108 cm³/mol. The molecule has 1 aliphatic heterocycles. The molecule has 0 bridgehead atoms. The van der Waals surface area contributed by atoms with Gasteiger partial charge in [-0.15, -0.1) is 0 Å². The molecule has 0 saturated carbocycles. The number of aliphatic hydroxyl groups is 3. The van der Waals surface area contributed by atoms with Crippen molar-refractivity contribution < 1.29 is 39.5 Å².